The lowest BCUT2D eigenvalue weighted by Gasteiger charge is -2.28. The summed E-state index contributed by atoms with van der Waals surface area (Å²) in [4.78, 5) is 0. The van der Waals surface area contributed by atoms with Crippen LogP contribution in [0, 0.1) is 17.6 Å². The van der Waals surface area contributed by atoms with Crippen molar-refractivity contribution in [2.24, 2.45) is 5.92 Å². The van der Waals surface area contributed by atoms with Gasteiger partial charge >= 0.3 is 0 Å². The summed E-state index contributed by atoms with van der Waals surface area (Å²) in [5, 5.41) is 0. The Hall–Kier alpha value is -1.12. The predicted molar refractivity (Wildman–Crippen MR) is 60.5 cm³/mol. The van der Waals surface area contributed by atoms with Gasteiger partial charge < -0.3 is 4.74 Å². The minimum absolute atomic E-state index is 0.104. The molecule has 1 rings (SSSR count). The quantitative estimate of drug-likeness (QED) is 0.751. The highest BCUT2D eigenvalue weighted by Crippen LogP contribution is 2.26. The molecular formula is C13H18F2O. The third-order valence-electron chi connectivity index (χ3n) is 2.18. The molecule has 0 N–H and O–H groups in total. The molecule has 90 valence electrons. The van der Waals surface area contributed by atoms with Gasteiger partial charge in [-0.2, -0.15) is 0 Å². The molecule has 1 aromatic carbocycles. The molecule has 0 saturated carbocycles. The molecule has 0 aromatic heterocycles. The second-order valence-electron chi connectivity index (χ2n) is 5.03. The Morgan fingerprint density at radius 3 is 2.38 bits per heavy atom. The van der Waals surface area contributed by atoms with E-state index in [4.69, 9.17) is 4.74 Å². The Bertz CT molecular complexity index is 359. The van der Waals surface area contributed by atoms with Crippen LogP contribution in [-0.4, -0.2) is 5.60 Å². The molecule has 0 radical (unpaired) electrons. The molecule has 0 aliphatic carbocycles. The van der Waals surface area contributed by atoms with E-state index >= 15 is 0 Å². The van der Waals surface area contributed by atoms with Crippen molar-refractivity contribution in [2.75, 3.05) is 0 Å². The molecule has 1 nitrogen and oxygen atoms in total. The first-order valence-corrected chi connectivity index (χ1v) is 5.44. The smallest absolute Gasteiger partial charge is 0.168 e. The van der Waals surface area contributed by atoms with Crippen LogP contribution in [0.2, 0.25) is 0 Å². The van der Waals surface area contributed by atoms with Crippen LogP contribution in [-0.2, 0) is 0 Å². The molecule has 1 aromatic rings. The van der Waals surface area contributed by atoms with Crippen molar-refractivity contribution in [1.82, 2.24) is 0 Å². The minimum atomic E-state index is -0.656. The molecule has 0 fully saturated rings. The van der Waals surface area contributed by atoms with Crippen molar-refractivity contribution in [3.05, 3.63) is 29.8 Å². The van der Waals surface area contributed by atoms with Gasteiger partial charge in [-0.3, -0.25) is 0 Å². The molecule has 0 aliphatic heterocycles. The van der Waals surface area contributed by atoms with Gasteiger partial charge in [-0.05, 0) is 38.3 Å². The number of rotatable bonds is 4. The first-order valence-electron chi connectivity index (χ1n) is 5.44. The molecule has 0 amide bonds. The number of hydrogen-bond donors (Lipinski definition) is 0. The number of halogens is 2. The monoisotopic (exact) mass is 228 g/mol. The van der Waals surface area contributed by atoms with Crippen LogP contribution in [0.25, 0.3) is 0 Å². The summed E-state index contributed by atoms with van der Waals surface area (Å²) >= 11 is 0. The fraction of sp³-hybridized carbons (Fsp3) is 0.538. The highest BCUT2D eigenvalue weighted by atomic mass is 19.1. The Kier molecular flexibility index (Phi) is 3.89. The van der Waals surface area contributed by atoms with Crippen molar-refractivity contribution in [3.63, 3.8) is 0 Å². The molecular weight excluding hydrogens is 210 g/mol. The van der Waals surface area contributed by atoms with Gasteiger partial charge in [0.2, 0.25) is 0 Å². The van der Waals surface area contributed by atoms with Crippen molar-refractivity contribution in [2.45, 2.75) is 39.7 Å². The second-order valence-corrected chi connectivity index (χ2v) is 5.03. The van der Waals surface area contributed by atoms with E-state index in [1.54, 1.807) is 0 Å². The van der Waals surface area contributed by atoms with E-state index in [1.807, 2.05) is 13.8 Å². The summed E-state index contributed by atoms with van der Waals surface area (Å²) in [7, 11) is 0. The lowest BCUT2D eigenvalue weighted by molar-refractivity contribution is 0.0801. The molecule has 0 spiro atoms. The van der Waals surface area contributed by atoms with E-state index in [2.05, 4.69) is 13.8 Å². The van der Waals surface area contributed by atoms with Gasteiger partial charge in [0.05, 0.1) is 0 Å². The maximum absolute atomic E-state index is 13.4. The van der Waals surface area contributed by atoms with Crippen LogP contribution >= 0.6 is 0 Å². The van der Waals surface area contributed by atoms with Crippen LogP contribution in [0.1, 0.15) is 34.1 Å². The Labute approximate surface area is 95.4 Å². The van der Waals surface area contributed by atoms with Crippen molar-refractivity contribution < 1.29 is 13.5 Å². The first-order chi connectivity index (χ1) is 7.30. The Morgan fingerprint density at radius 2 is 1.88 bits per heavy atom. The molecule has 3 heteroatoms. The lowest BCUT2D eigenvalue weighted by Crippen LogP contribution is -2.30. The average Bonchev–Trinajstić information content (AvgIpc) is 2.07. The molecule has 0 aliphatic rings. The molecule has 0 atom stereocenters. The van der Waals surface area contributed by atoms with Gasteiger partial charge in [0.1, 0.15) is 11.4 Å². The van der Waals surface area contributed by atoms with Crippen molar-refractivity contribution in [3.8, 4) is 5.75 Å². The SMILES string of the molecule is CC(C)CC(C)(C)Oc1ccc(F)cc1F. The molecule has 0 heterocycles. The number of hydrogen-bond acceptors (Lipinski definition) is 1. The van der Waals surface area contributed by atoms with Crippen LogP contribution < -0.4 is 4.74 Å². The fourth-order valence-electron chi connectivity index (χ4n) is 1.88. The van der Waals surface area contributed by atoms with Gasteiger partial charge in [0.15, 0.2) is 11.6 Å². The third kappa shape index (κ3) is 3.80. The summed E-state index contributed by atoms with van der Waals surface area (Å²) in [6.07, 6.45) is 0.809. The van der Waals surface area contributed by atoms with Crippen LogP contribution in [0.4, 0.5) is 8.78 Å². The molecule has 0 saturated heterocycles. The number of benzene rings is 1. The summed E-state index contributed by atoms with van der Waals surface area (Å²) in [5.41, 5.74) is -0.452. The topological polar surface area (TPSA) is 9.23 Å². The van der Waals surface area contributed by atoms with Gasteiger partial charge in [-0.1, -0.05) is 13.8 Å². The highest BCUT2D eigenvalue weighted by molar-refractivity contribution is 5.25. The van der Waals surface area contributed by atoms with E-state index in [0.717, 1.165) is 12.5 Å². The van der Waals surface area contributed by atoms with E-state index in [-0.39, 0.29) is 5.75 Å². The third-order valence-corrected chi connectivity index (χ3v) is 2.18. The zero-order valence-corrected chi connectivity index (χ0v) is 10.2. The standard InChI is InChI=1S/C13H18F2O/c1-9(2)8-13(3,4)16-12-6-5-10(14)7-11(12)15/h5-7,9H,8H2,1-4H3. The summed E-state index contributed by atoms with van der Waals surface area (Å²) in [6, 6.07) is 3.36. The average molecular weight is 228 g/mol. The zero-order valence-electron chi connectivity index (χ0n) is 10.2. The lowest BCUT2D eigenvalue weighted by atomic mass is 9.96. The largest absolute Gasteiger partial charge is 0.485 e. The van der Waals surface area contributed by atoms with E-state index < -0.39 is 17.2 Å². The Balaban J connectivity index is 2.79. The molecule has 0 unspecified atom stereocenters. The minimum Gasteiger partial charge on any atom is -0.485 e. The van der Waals surface area contributed by atoms with E-state index in [0.29, 0.717) is 5.92 Å². The maximum atomic E-state index is 13.4. The van der Waals surface area contributed by atoms with Crippen LogP contribution in [0.3, 0.4) is 0 Å². The maximum Gasteiger partial charge on any atom is 0.168 e. The zero-order chi connectivity index (χ0) is 12.3. The summed E-state index contributed by atoms with van der Waals surface area (Å²) in [6.45, 7) is 7.95. The second kappa shape index (κ2) is 4.81. The highest BCUT2D eigenvalue weighted by Gasteiger charge is 2.22. The van der Waals surface area contributed by atoms with E-state index in [9.17, 15) is 8.78 Å². The number of ether oxygens (including phenoxy) is 1. The molecule has 0 bridgehead atoms. The van der Waals surface area contributed by atoms with Gasteiger partial charge in [0, 0.05) is 6.07 Å². The van der Waals surface area contributed by atoms with Gasteiger partial charge in [-0.25, -0.2) is 8.78 Å². The van der Waals surface area contributed by atoms with Crippen molar-refractivity contribution >= 4 is 0 Å². The predicted octanol–water partition coefficient (Wildman–Crippen LogP) is 4.17. The van der Waals surface area contributed by atoms with Gasteiger partial charge in [0.25, 0.3) is 0 Å². The van der Waals surface area contributed by atoms with Crippen LogP contribution in [0.15, 0.2) is 18.2 Å². The van der Waals surface area contributed by atoms with E-state index in [1.165, 1.54) is 12.1 Å². The summed E-state index contributed by atoms with van der Waals surface area (Å²) < 4.78 is 31.6. The first kappa shape index (κ1) is 12.9. The normalized spacial score (nSPS) is 11.9. The molecule has 16 heavy (non-hydrogen) atoms. The summed E-state index contributed by atoms with van der Waals surface area (Å²) in [5.74, 6) is -0.686. The van der Waals surface area contributed by atoms with Gasteiger partial charge in [-0.15, -0.1) is 0 Å². The van der Waals surface area contributed by atoms with Crippen molar-refractivity contribution in [1.29, 1.82) is 0 Å². The fourth-order valence-corrected chi connectivity index (χ4v) is 1.88. The Morgan fingerprint density at radius 1 is 1.25 bits per heavy atom. The van der Waals surface area contributed by atoms with Crippen LogP contribution in [0.5, 0.6) is 5.75 Å².